The lowest BCUT2D eigenvalue weighted by Crippen LogP contribution is -2.09. The molecule has 0 heterocycles. The van der Waals surface area contributed by atoms with Crippen molar-refractivity contribution < 1.29 is 14.3 Å². The van der Waals surface area contributed by atoms with E-state index in [-0.39, 0.29) is 5.97 Å². The smallest absolute Gasteiger partial charge is 0.310 e. The van der Waals surface area contributed by atoms with E-state index in [1.807, 2.05) is 24.5 Å². The fraction of sp³-hybridized carbons (Fsp3) is 0.381. The first-order valence-electron chi connectivity index (χ1n) is 8.84. The summed E-state index contributed by atoms with van der Waals surface area (Å²) in [5.41, 5.74) is 3.12. The molecular formula is C21H25ClO3S. The Morgan fingerprint density at radius 3 is 2.42 bits per heavy atom. The normalized spacial score (nSPS) is 10.7. The predicted octanol–water partition coefficient (Wildman–Crippen LogP) is 6.08. The molecule has 0 radical (unpaired) electrons. The van der Waals surface area contributed by atoms with E-state index in [4.69, 9.17) is 21.1 Å². The summed E-state index contributed by atoms with van der Waals surface area (Å²) in [6.45, 7) is 6.28. The maximum Gasteiger partial charge on any atom is 0.310 e. The van der Waals surface area contributed by atoms with Crippen LogP contribution in [0.2, 0.25) is 5.02 Å². The van der Waals surface area contributed by atoms with Crippen LogP contribution < -0.4 is 9.47 Å². The van der Waals surface area contributed by atoms with Crippen molar-refractivity contribution in [2.24, 2.45) is 0 Å². The fourth-order valence-electron chi connectivity index (χ4n) is 2.65. The number of hydrogen-bond donors (Lipinski definition) is 0. The molecule has 2 aromatic rings. The zero-order valence-corrected chi connectivity index (χ0v) is 17.3. The van der Waals surface area contributed by atoms with Crippen LogP contribution >= 0.6 is 23.4 Å². The number of carbonyl (C=O) groups excluding carboxylic acids is 1. The monoisotopic (exact) mass is 392 g/mol. The molecule has 0 N–H and O–H groups in total. The second-order valence-corrected chi connectivity index (χ2v) is 7.07. The van der Waals surface area contributed by atoms with Gasteiger partial charge in [0.25, 0.3) is 0 Å². The standard InChI is InChI=1S/C21H25ClO3S/c1-5-14-11-15(6-2)19(12-17(14)22)24-13-16-18(25-21(23)7-3)9-8-10-20(16)26-4/h8-12H,5-7,13H2,1-4H3. The number of ether oxygens (including phenoxy) is 2. The van der Waals surface area contributed by atoms with Crippen molar-refractivity contribution in [3.05, 3.63) is 52.0 Å². The van der Waals surface area contributed by atoms with Gasteiger partial charge in [0.2, 0.25) is 0 Å². The molecule has 2 aromatic carbocycles. The van der Waals surface area contributed by atoms with Crippen LogP contribution in [-0.2, 0) is 24.2 Å². The van der Waals surface area contributed by atoms with Crippen molar-refractivity contribution in [3.63, 3.8) is 0 Å². The molecule has 0 amide bonds. The predicted molar refractivity (Wildman–Crippen MR) is 109 cm³/mol. The lowest BCUT2D eigenvalue weighted by molar-refractivity contribution is -0.134. The minimum Gasteiger partial charge on any atom is -0.488 e. The lowest BCUT2D eigenvalue weighted by atomic mass is 10.1. The number of benzene rings is 2. The molecule has 5 heteroatoms. The Morgan fingerprint density at radius 1 is 1.08 bits per heavy atom. The minimum atomic E-state index is -0.255. The Labute approximate surface area is 165 Å². The highest BCUT2D eigenvalue weighted by molar-refractivity contribution is 7.98. The number of aryl methyl sites for hydroxylation is 2. The maximum absolute atomic E-state index is 11.7. The number of thioether (sulfide) groups is 1. The van der Waals surface area contributed by atoms with Gasteiger partial charge in [0.1, 0.15) is 18.1 Å². The number of carbonyl (C=O) groups is 1. The summed E-state index contributed by atoms with van der Waals surface area (Å²) in [7, 11) is 0. The largest absolute Gasteiger partial charge is 0.488 e. The van der Waals surface area contributed by atoms with Gasteiger partial charge < -0.3 is 9.47 Å². The summed E-state index contributed by atoms with van der Waals surface area (Å²) in [6, 6.07) is 9.69. The third-order valence-corrected chi connectivity index (χ3v) is 5.36. The molecule has 0 fully saturated rings. The second kappa shape index (κ2) is 9.89. The highest BCUT2D eigenvalue weighted by Gasteiger charge is 2.15. The highest BCUT2D eigenvalue weighted by atomic mass is 35.5. The van der Waals surface area contributed by atoms with Crippen LogP contribution in [0.5, 0.6) is 11.5 Å². The SMILES string of the molecule is CCC(=O)Oc1cccc(SC)c1COc1cc(Cl)c(CC)cc1CC. The average Bonchev–Trinajstić information content (AvgIpc) is 2.66. The third-order valence-electron chi connectivity index (χ3n) is 4.19. The van der Waals surface area contributed by atoms with Crippen LogP contribution in [0.15, 0.2) is 35.2 Å². The van der Waals surface area contributed by atoms with Gasteiger partial charge in [-0.3, -0.25) is 4.79 Å². The summed E-state index contributed by atoms with van der Waals surface area (Å²) in [5, 5.41) is 0.718. The fourth-order valence-corrected chi connectivity index (χ4v) is 3.56. The molecule has 0 saturated heterocycles. The number of halogens is 1. The van der Waals surface area contributed by atoms with Crippen molar-refractivity contribution in [3.8, 4) is 11.5 Å². The molecule has 2 rings (SSSR count). The van der Waals surface area contributed by atoms with Gasteiger partial charge >= 0.3 is 5.97 Å². The Balaban J connectivity index is 2.31. The number of esters is 1. The summed E-state index contributed by atoms with van der Waals surface area (Å²) in [6.07, 6.45) is 4.08. The molecule has 0 aliphatic heterocycles. The van der Waals surface area contributed by atoms with Crippen LogP contribution in [0.4, 0.5) is 0 Å². The van der Waals surface area contributed by atoms with Crippen molar-refractivity contribution in [1.82, 2.24) is 0 Å². The van der Waals surface area contributed by atoms with Crippen LogP contribution in [-0.4, -0.2) is 12.2 Å². The summed E-state index contributed by atoms with van der Waals surface area (Å²) in [5.74, 6) is 1.07. The summed E-state index contributed by atoms with van der Waals surface area (Å²) < 4.78 is 11.6. The van der Waals surface area contributed by atoms with E-state index < -0.39 is 0 Å². The van der Waals surface area contributed by atoms with E-state index in [1.54, 1.807) is 24.8 Å². The van der Waals surface area contributed by atoms with Crippen molar-refractivity contribution in [1.29, 1.82) is 0 Å². The van der Waals surface area contributed by atoms with Gasteiger partial charge in [-0.25, -0.2) is 0 Å². The van der Waals surface area contributed by atoms with E-state index in [9.17, 15) is 4.79 Å². The van der Waals surface area contributed by atoms with Crippen molar-refractivity contribution >= 4 is 29.3 Å². The van der Waals surface area contributed by atoms with Gasteiger partial charge in [-0.05, 0) is 48.4 Å². The highest BCUT2D eigenvalue weighted by Crippen LogP contribution is 2.33. The number of hydrogen-bond acceptors (Lipinski definition) is 4. The van der Waals surface area contributed by atoms with Gasteiger partial charge in [-0.1, -0.05) is 44.5 Å². The van der Waals surface area contributed by atoms with Crippen LogP contribution in [0, 0.1) is 0 Å². The van der Waals surface area contributed by atoms with Gasteiger partial charge in [-0.2, -0.15) is 0 Å². The third kappa shape index (κ3) is 4.95. The molecule has 140 valence electrons. The topological polar surface area (TPSA) is 35.5 Å². The van der Waals surface area contributed by atoms with Crippen molar-refractivity contribution in [2.75, 3.05) is 6.26 Å². The van der Waals surface area contributed by atoms with Gasteiger partial charge in [0.15, 0.2) is 0 Å². The molecule has 0 aromatic heterocycles. The molecule has 0 aliphatic rings. The van der Waals surface area contributed by atoms with Crippen molar-refractivity contribution in [2.45, 2.75) is 51.5 Å². The first kappa shape index (κ1) is 20.7. The average molecular weight is 393 g/mol. The maximum atomic E-state index is 11.7. The molecule has 0 spiro atoms. The van der Waals surface area contributed by atoms with Crippen LogP contribution in [0.25, 0.3) is 0 Å². The first-order valence-corrected chi connectivity index (χ1v) is 10.4. The quantitative estimate of drug-likeness (QED) is 0.309. The molecule has 0 aliphatic carbocycles. The van der Waals surface area contributed by atoms with Crippen LogP contribution in [0.3, 0.4) is 0 Å². The molecular weight excluding hydrogens is 368 g/mol. The number of rotatable bonds is 8. The lowest BCUT2D eigenvalue weighted by Gasteiger charge is -2.17. The molecule has 0 bridgehead atoms. The zero-order valence-electron chi connectivity index (χ0n) is 15.7. The molecule has 0 saturated carbocycles. The molecule has 26 heavy (non-hydrogen) atoms. The zero-order chi connectivity index (χ0) is 19.1. The van der Waals surface area contributed by atoms with Gasteiger partial charge in [-0.15, -0.1) is 11.8 Å². The van der Waals surface area contributed by atoms with E-state index in [0.717, 1.165) is 45.2 Å². The Morgan fingerprint density at radius 2 is 1.81 bits per heavy atom. The van der Waals surface area contributed by atoms with Crippen LogP contribution in [0.1, 0.15) is 43.9 Å². The summed E-state index contributed by atoms with van der Waals surface area (Å²) >= 11 is 7.97. The van der Waals surface area contributed by atoms with E-state index in [2.05, 4.69) is 19.9 Å². The molecule has 0 unspecified atom stereocenters. The molecule has 3 nitrogen and oxygen atoms in total. The van der Waals surface area contributed by atoms with Gasteiger partial charge in [0, 0.05) is 21.9 Å². The first-order chi connectivity index (χ1) is 12.5. The van der Waals surface area contributed by atoms with E-state index in [1.165, 1.54) is 0 Å². The van der Waals surface area contributed by atoms with Gasteiger partial charge in [0.05, 0.1) is 0 Å². The van der Waals surface area contributed by atoms with E-state index >= 15 is 0 Å². The minimum absolute atomic E-state index is 0.255. The Hall–Kier alpha value is -1.65. The summed E-state index contributed by atoms with van der Waals surface area (Å²) in [4.78, 5) is 12.8. The Bertz CT molecular complexity index is 774. The van der Waals surface area contributed by atoms with E-state index in [0.29, 0.717) is 18.8 Å². The molecule has 0 atom stereocenters. The Kier molecular flexibility index (Phi) is 7.85. The second-order valence-electron chi connectivity index (χ2n) is 5.81.